The number of primary amides is 1. The van der Waals surface area contributed by atoms with Gasteiger partial charge in [-0.05, 0) is 16.3 Å². The molecule has 7 heteroatoms. The largest absolute Gasteiger partial charge is 0.368 e. The number of amides is 3. The first-order valence-corrected chi connectivity index (χ1v) is 7.52. The molecular formula is C17H20N4O3. The van der Waals surface area contributed by atoms with Crippen LogP contribution in [0, 0.1) is 0 Å². The van der Waals surface area contributed by atoms with Gasteiger partial charge < -0.3 is 22.1 Å². The molecule has 0 aliphatic carbocycles. The van der Waals surface area contributed by atoms with Crippen LogP contribution in [-0.2, 0) is 20.8 Å². The summed E-state index contributed by atoms with van der Waals surface area (Å²) in [6, 6.07) is 12.8. The van der Waals surface area contributed by atoms with Gasteiger partial charge in [0.25, 0.3) is 0 Å². The van der Waals surface area contributed by atoms with E-state index in [2.05, 4.69) is 10.6 Å². The maximum absolute atomic E-state index is 11.8. The molecular weight excluding hydrogens is 308 g/mol. The molecule has 0 unspecified atom stereocenters. The van der Waals surface area contributed by atoms with Crippen LogP contribution in [0.3, 0.4) is 0 Å². The summed E-state index contributed by atoms with van der Waals surface area (Å²) >= 11 is 0. The molecule has 24 heavy (non-hydrogen) atoms. The van der Waals surface area contributed by atoms with E-state index in [9.17, 15) is 14.4 Å². The van der Waals surface area contributed by atoms with Crippen LogP contribution < -0.4 is 22.1 Å². The highest BCUT2D eigenvalue weighted by Crippen LogP contribution is 2.16. The number of hydrogen-bond acceptors (Lipinski definition) is 4. The molecule has 3 amide bonds. The van der Waals surface area contributed by atoms with Gasteiger partial charge in [-0.15, -0.1) is 0 Å². The molecule has 7 nitrogen and oxygen atoms in total. The molecule has 2 rings (SSSR count). The molecule has 2 aromatic rings. The van der Waals surface area contributed by atoms with Crippen LogP contribution in [0.15, 0.2) is 42.5 Å². The number of fused-ring (bicyclic) bond motifs is 1. The molecule has 0 aliphatic rings. The first-order chi connectivity index (χ1) is 11.5. The van der Waals surface area contributed by atoms with Crippen LogP contribution in [-0.4, -0.2) is 36.9 Å². The molecule has 0 radical (unpaired) electrons. The van der Waals surface area contributed by atoms with E-state index in [1.165, 1.54) is 0 Å². The number of carbonyl (C=O) groups is 3. The SMILES string of the molecule is NCC(=O)NCC(=O)N[C@@H](Cc1ccc2ccccc2c1)C(N)=O. The average molecular weight is 328 g/mol. The van der Waals surface area contributed by atoms with E-state index < -0.39 is 23.8 Å². The highest BCUT2D eigenvalue weighted by molar-refractivity contribution is 5.90. The van der Waals surface area contributed by atoms with Gasteiger partial charge in [0.2, 0.25) is 17.7 Å². The second-order valence-electron chi connectivity index (χ2n) is 5.39. The number of nitrogens with one attached hydrogen (secondary N) is 2. The van der Waals surface area contributed by atoms with Crippen LogP contribution in [0.25, 0.3) is 10.8 Å². The smallest absolute Gasteiger partial charge is 0.240 e. The van der Waals surface area contributed by atoms with Crippen molar-refractivity contribution in [2.24, 2.45) is 11.5 Å². The van der Waals surface area contributed by atoms with Gasteiger partial charge in [0.1, 0.15) is 6.04 Å². The Morgan fingerprint density at radius 2 is 1.71 bits per heavy atom. The van der Waals surface area contributed by atoms with E-state index in [1.54, 1.807) is 0 Å². The highest BCUT2D eigenvalue weighted by Gasteiger charge is 2.19. The van der Waals surface area contributed by atoms with Crippen molar-refractivity contribution in [3.05, 3.63) is 48.0 Å². The lowest BCUT2D eigenvalue weighted by atomic mass is 10.0. The lowest BCUT2D eigenvalue weighted by Crippen LogP contribution is -2.49. The summed E-state index contributed by atoms with van der Waals surface area (Å²) in [5.41, 5.74) is 11.4. The van der Waals surface area contributed by atoms with Gasteiger partial charge in [0, 0.05) is 6.42 Å². The summed E-state index contributed by atoms with van der Waals surface area (Å²) in [5.74, 6) is -1.58. The first-order valence-electron chi connectivity index (χ1n) is 7.52. The molecule has 1 atom stereocenters. The van der Waals surface area contributed by atoms with E-state index in [1.807, 2.05) is 42.5 Å². The Balaban J connectivity index is 2.03. The molecule has 0 aromatic heterocycles. The number of benzene rings is 2. The van der Waals surface area contributed by atoms with Crippen LogP contribution >= 0.6 is 0 Å². The normalized spacial score (nSPS) is 11.7. The minimum atomic E-state index is -0.853. The fourth-order valence-corrected chi connectivity index (χ4v) is 2.32. The Bertz CT molecular complexity index is 760. The zero-order valence-electron chi connectivity index (χ0n) is 13.1. The van der Waals surface area contributed by atoms with Gasteiger partial charge in [-0.2, -0.15) is 0 Å². The summed E-state index contributed by atoms with van der Waals surface area (Å²) in [6.07, 6.45) is 0.275. The monoisotopic (exact) mass is 328 g/mol. The molecule has 0 saturated heterocycles. The van der Waals surface area contributed by atoms with Crippen molar-refractivity contribution in [1.82, 2.24) is 10.6 Å². The molecule has 2 aromatic carbocycles. The van der Waals surface area contributed by atoms with E-state index >= 15 is 0 Å². The summed E-state index contributed by atoms with van der Waals surface area (Å²) in [5, 5.41) is 6.99. The number of rotatable bonds is 7. The van der Waals surface area contributed by atoms with Gasteiger partial charge in [0.15, 0.2) is 0 Å². The third-order valence-electron chi connectivity index (χ3n) is 3.56. The van der Waals surface area contributed by atoms with Crippen molar-refractivity contribution in [2.75, 3.05) is 13.1 Å². The topological polar surface area (TPSA) is 127 Å². The lowest BCUT2D eigenvalue weighted by Gasteiger charge is -2.16. The second kappa shape index (κ2) is 8.07. The van der Waals surface area contributed by atoms with Crippen LogP contribution in [0.1, 0.15) is 5.56 Å². The minimum absolute atomic E-state index is 0.205. The van der Waals surface area contributed by atoms with Crippen molar-refractivity contribution in [1.29, 1.82) is 0 Å². The fourth-order valence-electron chi connectivity index (χ4n) is 2.32. The molecule has 0 saturated carbocycles. The maximum atomic E-state index is 11.8. The van der Waals surface area contributed by atoms with Crippen molar-refractivity contribution in [2.45, 2.75) is 12.5 Å². The first kappa shape index (κ1) is 17.4. The van der Waals surface area contributed by atoms with Gasteiger partial charge in [-0.3, -0.25) is 14.4 Å². The molecule has 0 spiro atoms. The van der Waals surface area contributed by atoms with Gasteiger partial charge in [-0.25, -0.2) is 0 Å². The van der Waals surface area contributed by atoms with Crippen molar-refractivity contribution in [3.8, 4) is 0 Å². The average Bonchev–Trinajstić information content (AvgIpc) is 2.58. The van der Waals surface area contributed by atoms with E-state index in [-0.39, 0.29) is 19.5 Å². The van der Waals surface area contributed by atoms with E-state index in [0.29, 0.717) is 0 Å². The Morgan fingerprint density at radius 1 is 1.00 bits per heavy atom. The molecule has 126 valence electrons. The Morgan fingerprint density at radius 3 is 2.38 bits per heavy atom. The summed E-state index contributed by atoms with van der Waals surface area (Å²) < 4.78 is 0. The van der Waals surface area contributed by atoms with Crippen LogP contribution in [0.2, 0.25) is 0 Å². The van der Waals surface area contributed by atoms with Crippen LogP contribution in [0.5, 0.6) is 0 Å². The number of hydrogen-bond donors (Lipinski definition) is 4. The standard InChI is InChI=1S/C17H20N4O3/c18-9-15(22)20-10-16(23)21-14(17(19)24)8-11-5-6-12-3-1-2-4-13(12)7-11/h1-7,14H,8-10,18H2,(H2,19,24)(H,20,22)(H,21,23)/t14-/m0/s1. The minimum Gasteiger partial charge on any atom is -0.368 e. The van der Waals surface area contributed by atoms with Gasteiger partial charge in [0.05, 0.1) is 13.1 Å². The number of carbonyl (C=O) groups excluding carboxylic acids is 3. The Kier molecular flexibility index (Phi) is 5.86. The molecule has 0 bridgehead atoms. The van der Waals surface area contributed by atoms with Crippen molar-refractivity contribution >= 4 is 28.5 Å². The van der Waals surface area contributed by atoms with Crippen molar-refractivity contribution < 1.29 is 14.4 Å². The lowest BCUT2D eigenvalue weighted by molar-refractivity contribution is -0.128. The quantitative estimate of drug-likeness (QED) is 0.542. The van der Waals surface area contributed by atoms with Gasteiger partial charge >= 0.3 is 0 Å². The molecule has 0 heterocycles. The summed E-state index contributed by atoms with van der Waals surface area (Å²) in [6.45, 7) is -0.457. The highest BCUT2D eigenvalue weighted by atomic mass is 16.2. The number of nitrogens with two attached hydrogens (primary N) is 2. The van der Waals surface area contributed by atoms with E-state index in [4.69, 9.17) is 11.5 Å². The Labute approximate surface area is 139 Å². The molecule has 0 fully saturated rings. The maximum Gasteiger partial charge on any atom is 0.240 e. The molecule has 6 N–H and O–H groups in total. The van der Waals surface area contributed by atoms with Crippen molar-refractivity contribution in [3.63, 3.8) is 0 Å². The summed E-state index contributed by atoms with van der Waals surface area (Å²) in [7, 11) is 0. The zero-order chi connectivity index (χ0) is 17.5. The predicted molar refractivity (Wildman–Crippen MR) is 90.8 cm³/mol. The second-order valence-corrected chi connectivity index (χ2v) is 5.39. The Hall–Kier alpha value is -2.93. The fraction of sp³-hybridized carbons (Fsp3) is 0.235. The third-order valence-corrected chi connectivity index (χ3v) is 3.56. The summed E-state index contributed by atoms with van der Waals surface area (Å²) in [4.78, 5) is 34.4. The third kappa shape index (κ3) is 4.79. The molecule has 0 aliphatic heterocycles. The van der Waals surface area contributed by atoms with Gasteiger partial charge in [-0.1, -0.05) is 42.5 Å². The van der Waals surface area contributed by atoms with Crippen LogP contribution in [0.4, 0.5) is 0 Å². The van der Waals surface area contributed by atoms with E-state index in [0.717, 1.165) is 16.3 Å². The zero-order valence-corrected chi connectivity index (χ0v) is 13.1. The predicted octanol–water partition coefficient (Wildman–Crippen LogP) is -0.573.